The standard InChI is InChI=1S/C12H12F3N3/c1-6-8(5-18(2)17-6)12(16)7-3-4-9(13)11(15)10(7)14/h3-5,12H,16H2,1-2H3. The summed E-state index contributed by atoms with van der Waals surface area (Å²) in [7, 11) is 1.70. The molecule has 1 aromatic heterocycles. The van der Waals surface area contributed by atoms with Gasteiger partial charge in [0.2, 0.25) is 0 Å². The van der Waals surface area contributed by atoms with Crippen LogP contribution in [0.2, 0.25) is 0 Å². The fraction of sp³-hybridized carbons (Fsp3) is 0.250. The summed E-state index contributed by atoms with van der Waals surface area (Å²) in [6, 6.07) is 1.12. The molecular weight excluding hydrogens is 243 g/mol. The van der Waals surface area contributed by atoms with E-state index in [1.54, 1.807) is 20.2 Å². The molecule has 1 atom stereocenters. The first-order valence-electron chi connectivity index (χ1n) is 5.31. The Morgan fingerprint density at radius 2 is 1.83 bits per heavy atom. The summed E-state index contributed by atoms with van der Waals surface area (Å²) in [6.45, 7) is 1.72. The second kappa shape index (κ2) is 4.45. The molecule has 0 saturated heterocycles. The number of aromatic nitrogens is 2. The van der Waals surface area contributed by atoms with Gasteiger partial charge < -0.3 is 5.73 Å². The molecular formula is C12H12F3N3. The van der Waals surface area contributed by atoms with E-state index in [-0.39, 0.29) is 5.56 Å². The van der Waals surface area contributed by atoms with E-state index >= 15 is 0 Å². The van der Waals surface area contributed by atoms with Crippen LogP contribution >= 0.6 is 0 Å². The van der Waals surface area contributed by atoms with Gasteiger partial charge in [-0.25, -0.2) is 13.2 Å². The Morgan fingerprint density at radius 1 is 1.17 bits per heavy atom. The summed E-state index contributed by atoms with van der Waals surface area (Å²) in [5, 5.41) is 4.07. The highest BCUT2D eigenvalue weighted by atomic mass is 19.2. The first-order valence-corrected chi connectivity index (χ1v) is 5.31. The number of hydrogen-bond acceptors (Lipinski definition) is 2. The van der Waals surface area contributed by atoms with Crippen LogP contribution in [0.15, 0.2) is 18.3 Å². The normalized spacial score (nSPS) is 12.8. The van der Waals surface area contributed by atoms with E-state index in [9.17, 15) is 13.2 Å². The molecule has 0 radical (unpaired) electrons. The van der Waals surface area contributed by atoms with Gasteiger partial charge in [-0.2, -0.15) is 5.10 Å². The molecule has 0 saturated carbocycles. The Labute approximate surface area is 102 Å². The van der Waals surface area contributed by atoms with Crippen molar-refractivity contribution >= 4 is 0 Å². The zero-order valence-electron chi connectivity index (χ0n) is 9.92. The number of benzene rings is 1. The molecule has 0 aliphatic carbocycles. The van der Waals surface area contributed by atoms with Crippen LogP contribution in [-0.4, -0.2) is 9.78 Å². The Bertz CT molecular complexity index is 592. The zero-order chi connectivity index (χ0) is 13.4. The third kappa shape index (κ3) is 1.99. The highest BCUT2D eigenvalue weighted by Crippen LogP contribution is 2.26. The van der Waals surface area contributed by atoms with Crippen LogP contribution in [-0.2, 0) is 7.05 Å². The van der Waals surface area contributed by atoms with E-state index in [0.717, 1.165) is 12.1 Å². The van der Waals surface area contributed by atoms with Crippen LogP contribution in [0.1, 0.15) is 22.9 Å². The molecule has 18 heavy (non-hydrogen) atoms. The van der Waals surface area contributed by atoms with E-state index in [1.165, 1.54) is 4.68 Å². The average Bonchev–Trinajstić information content (AvgIpc) is 2.65. The maximum absolute atomic E-state index is 13.6. The minimum Gasteiger partial charge on any atom is -0.320 e. The summed E-state index contributed by atoms with van der Waals surface area (Å²) < 4.78 is 41.1. The van der Waals surface area contributed by atoms with Crippen molar-refractivity contribution in [3.63, 3.8) is 0 Å². The van der Waals surface area contributed by atoms with E-state index in [1.807, 2.05) is 0 Å². The van der Waals surface area contributed by atoms with E-state index in [0.29, 0.717) is 11.3 Å². The molecule has 1 aromatic carbocycles. The SMILES string of the molecule is Cc1nn(C)cc1C(N)c1ccc(F)c(F)c1F. The molecule has 2 rings (SSSR count). The number of nitrogens with two attached hydrogens (primary N) is 1. The fourth-order valence-electron chi connectivity index (χ4n) is 1.87. The maximum atomic E-state index is 13.6. The topological polar surface area (TPSA) is 43.8 Å². The van der Waals surface area contributed by atoms with Gasteiger partial charge in [-0.05, 0) is 13.0 Å². The molecule has 0 aliphatic rings. The molecule has 1 heterocycles. The van der Waals surface area contributed by atoms with Crippen molar-refractivity contribution in [2.24, 2.45) is 12.8 Å². The van der Waals surface area contributed by atoms with Gasteiger partial charge in [0, 0.05) is 24.4 Å². The Kier molecular flexibility index (Phi) is 3.13. The number of hydrogen-bond donors (Lipinski definition) is 1. The molecule has 0 amide bonds. The number of rotatable bonds is 2. The summed E-state index contributed by atoms with van der Waals surface area (Å²) in [4.78, 5) is 0. The van der Waals surface area contributed by atoms with E-state index in [2.05, 4.69) is 5.10 Å². The van der Waals surface area contributed by atoms with Crippen LogP contribution in [0.3, 0.4) is 0 Å². The lowest BCUT2D eigenvalue weighted by molar-refractivity contribution is 0.438. The predicted molar refractivity (Wildman–Crippen MR) is 60.3 cm³/mol. The zero-order valence-corrected chi connectivity index (χ0v) is 9.92. The Balaban J connectivity index is 2.49. The van der Waals surface area contributed by atoms with Crippen LogP contribution in [0.4, 0.5) is 13.2 Å². The Hall–Kier alpha value is -1.82. The molecule has 0 bridgehead atoms. The van der Waals surface area contributed by atoms with Crippen LogP contribution in [0.25, 0.3) is 0 Å². The van der Waals surface area contributed by atoms with Gasteiger partial charge in [-0.1, -0.05) is 6.07 Å². The van der Waals surface area contributed by atoms with Crippen molar-refractivity contribution in [1.29, 1.82) is 0 Å². The summed E-state index contributed by atoms with van der Waals surface area (Å²) >= 11 is 0. The van der Waals surface area contributed by atoms with E-state index < -0.39 is 23.5 Å². The number of halogens is 3. The number of nitrogens with zero attached hydrogens (tertiary/aromatic N) is 2. The summed E-state index contributed by atoms with van der Waals surface area (Å²) in [5.41, 5.74) is 6.97. The quantitative estimate of drug-likeness (QED) is 0.836. The lowest BCUT2D eigenvalue weighted by Gasteiger charge is -2.12. The highest BCUT2D eigenvalue weighted by Gasteiger charge is 2.21. The Morgan fingerprint density at radius 3 is 2.39 bits per heavy atom. The third-order valence-corrected chi connectivity index (χ3v) is 2.79. The fourth-order valence-corrected chi connectivity index (χ4v) is 1.87. The molecule has 96 valence electrons. The second-order valence-electron chi connectivity index (χ2n) is 4.09. The van der Waals surface area contributed by atoms with E-state index in [4.69, 9.17) is 5.73 Å². The van der Waals surface area contributed by atoms with Gasteiger partial charge in [0.05, 0.1) is 11.7 Å². The molecule has 6 heteroatoms. The minimum atomic E-state index is -1.51. The van der Waals surface area contributed by atoms with Crippen molar-refractivity contribution in [3.8, 4) is 0 Å². The second-order valence-corrected chi connectivity index (χ2v) is 4.09. The largest absolute Gasteiger partial charge is 0.320 e. The molecule has 2 N–H and O–H groups in total. The molecule has 3 nitrogen and oxygen atoms in total. The van der Waals surface area contributed by atoms with Gasteiger partial charge in [-0.3, -0.25) is 4.68 Å². The van der Waals surface area contributed by atoms with Crippen molar-refractivity contribution in [2.75, 3.05) is 0 Å². The molecule has 0 aliphatic heterocycles. The third-order valence-electron chi connectivity index (χ3n) is 2.79. The van der Waals surface area contributed by atoms with Crippen LogP contribution in [0, 0.1) is 24.4 Å². The smallest absolute Gasteiger partial charge is 0.194 e. The van der Waals surface area contributed by atoms with Gasteiger partial charge in [0.25, 0.3) is 0 Å². The maximum Gasteiger partial charge on any atom is 0.194 e. The van der Waals surface area contributed by atoms with Gasteiger partial charge in [-0.15, -0.1) is 0 Å². The number of aryl methyl sites for hydroxylation is 2. The predicted octanol–water partition coefficient (Wildman–Crippen LogP) is 2.19. The lowest BCUT2D eigenvalue weighted by atomic mass is 9.99. The van der Waals surface area contributed by atoms with Crippen molar-refractivity contribution in [1.82, 2.24) is 9.78 Å². The molecule has 2 aromatic rings. The first-order chi connectivity index (χ1) is 8.41. The van der Waals surface area contributed by atoms with Crippen molar-refractivity contribution in [2.45, 2.75) is 13.0 Å². The van der Waals surface area contributed by atoms with Crippen LogP contribution < -0.4 is 5.73 Å². The average molecular weight is 255 g/mol. The summed E-state index contributed by atoms with van der Waals surface area (Å²) in [6.07, 6.45) is 1.63. The van der Waals surface area contributed by atoms with Crippen LogP contribution in [0.5, 0.6) is 0 Å². The monoisotopic (exact) mass is 255 g/mol. The lowest BCUT2D eigenvalue weighted by Crippen LogP contribution is -2.15. The van der Waals surface area contributed by atoms with Gasteiger partial charge in [0.15, 0.2) is 17.5 Å². The molecule has 0 fully saturated rings. The minimum absolute atomic E-state index is 0.0926. The molecule has 0 spiro atoms. The molecule has 1 unspecified atom stereocenters. The van der Waals surface area contributed by atoms with Gasteiger partial charge in [0.1, 0.15) is 0 Å². The summed E-state index contributed by atoms with van der Waals surface area (Å²) in [5.74, 6) is -4.00. The first kappa shape index (κ1) is 12.6. The van der Waals surface area contributed by atoms with Crippen molar-refractivity contribution < 1.29 is 13.2 Å². The van der Waals surface area contributed by atoms with Crippen molar-refractivity contribution in [3.05, 3.63) is 52.6 Å². The highest BCUT2D eigenvalue weighted by molar-refractivity contribution is 5.33. The van der Waals surface area contributed by atoms with Gasteiger partial charge >= 0.3 is 0 Å².